The number of ether oxygens (including phenoxy) is 2. The van der Waals surface area contributed by atoms with Gasteiger partial charge in [0.15, 0.2) is 5.78 Å². The molecule has 0 fully saturated rings. The van der Waals surface area contributed by atoms with Gasteiger partial charge in [-0.15, -0.1) is 0 Å². The van der Waals surface area contributed by atoms with Gasteiger partial charge in [0.1, 0.15) is 5.69 Å². The van der Waals surface area contributed by atoms with Gasteiger partial charge >= 0.3 is 0 Å². The Labute approximate surface area is 91.8 Å². The van der Waals surface area contributed by atoms with Crippen LogP contribution < -0.4 is 9.47 Å². The third-order valence-electron chi connectivity index (χ3n) is 2.15. The van der Waals surface area contributed by atoms with Crippen LogP contribution in [0.1, 0.15) is 17.4 Å². The molecule has 0 radical (unpaired) electrons. The molecule has 0 aliphatic heterocycles. The number of fused-ring (bicyclic) bond motifs is 1. The van der Waals surface area contributed by atoms with Gasteiger partial charge < -0.3 is 9.47 Å². The molecule has 0 aromatic carbocycles. The first-order valence-corrected chi connectivity index (χ1v) is 4.64. The fourth-order valence-corrected chi connectivity index (χ4v) is 1.35. The highest BCUT2D eigenvalue weighted by Gasteiger charge is 2.12. The van der Waals surface area contributed by atoms with Gasteiger partial charge in [0.05, 0.1) is 20.4 Å². The minimum absolute atomic E-state index is 0.107. The number of imidazole rings is 1. The average molecular weight is 221 g/mol. The Balaban J connectivity index is 2.69. The highest BCUT2D eigenvalue weighted by molar-refractivity contribution is 5.92. The van der Waals surface area contributed by atoms with Crippen LogP contribution in [0.25, 0.3) is 5.65 Å². The number of methoxy groups -OCH3 is 2. The lowest BCUT2D eigenvalue weighted by molar-refractivity contribution is 0.101. The molecule has 0 bridgehead atoms. The van der Waals surface area contributed by atoms with Crippen molar-refractivity contribution in [3.63, 3.8) is 0 Å². The molecule has 0 N–H and O–H groups in total. The molecule has 0 saturated heterocycles. The quantitative estimate of drug-likeness (QED) is 0.722. The van der Waals surface area contributed by atoms with Crippen molar-refractivity contribution >= 4 is 11.4 Å². The summed E-state index contributed by atoms with van der Waals surface area (Å²) in [7, 11) is 3.00. The number of carbonyl (C=O) groups excluding carboxylic acids is 1. The van der Waals surface area contributed by atoms with Crippen LogP contribution in [0.4, 0.5) is 0 Å². The summed E-state index contributed by atoms with van der Waals surface area (Å²) in [6.45, 7) is 1.46. The third-order valence-corrected chi connectivity index (χ3v) is 2.15. The molecule has 0 atom stereocenters. The molecule has 16 heavy (non-hydrogen) atoms. The molecule has 6 nitrogen and oxygen atoms in total. The number of Topliss-reactive ketones (excluding diaryl/α,β-unsaturated/α-hetero) is 1. The molecule has 0 spiro atoms. The van der Waals surface area contributed by atoms with Crippen molar-refractivity contribution in [3.05, 3.63) is 18.1 Å². The number of nitrogens with zero attached hydrogens (tertiary/aromatic N) is 3. The standard InChI is InChI=1S/C10H11N3O3/c1-6(14)7-4-13-5-8(15-2)12-10(16-3)9(13)11-7/h4-5H,1-3H3. The van der Waals surface area contributed by atoms with Crippen LogP contribution in [0, 0.1) is 0 Å². The van der Waals surface area contributed by atoms with E-state index in [-0.39, 0.29) is 5.78 Å². The van der Waals surface area contributed by atoms with E-state index < -0.39 is 0 Å². The normalized spacial score (nSPS) is 10.4. The zero-order chi connectivity index (χ0) is 11.7. The SMILES string of the molecule is COc1cn2cc(C(C)=O)nc2c(OC)n1. The first-order valence-electron chi connectivity index (χ1n) is 4.64. The summed E-state index contributed by atoms with van der Waals surface area (Å²) in [5.74, 6) is 0.619. The summed E-state index contributed by atoms with van der Waals surface area (Å²) in [6.07, 6.45) is 3.25. The largest absolute Gasteiger partial charge is 0.480 e. The molecule has 0 aliphatic rings. The summed E-state index contributed by atoms with van der Waals surface area (Å²) in [6, 6.07) is 0. The summed E-state index contributed by atoms with van der Waals surface area (Å²) in [4.78, 5) is 19.4. The lowest BCUT2D eigenvalue weighted by atomic mass is 10.3. The first-order chi connectivity index (χ1) is 7.65. The van der Waals surface area contributed by atoms with E-state index in [1.807, 2.05) is 0 Å². The number of hydrogen-bond donors (Lipinski definition) is 0. The summed E-state index contributed by atoms with van der Waals surface area (Å²) in [5, 5.41) is 0. The van der Waals surface area contributed by atoms with Gasteiger partial charge in [-0.2, -0.15) is 4.98 Å². The van der Waals surface area contributed by atoms with Crippen molar-refractivity contribution in [2.45, 2.75) is 6.92 Å². The molecule has 2 aromatic heterocycles. The van der Waals surface area contributed by atoms with E-state index >= 15 is 0 Å². The van der Waals surface area contributed by atoms with Crippen molar-refractivity contribution in [1.82, 2.24) is 14.4 Å². The van der Waals surface area contributed by atoms with E-state index in [1.165, 1.54) is 21.1 Å². The molecule has 0 unspecified atom stereocenters. The Morgan fingerprint density at radius 3 is 2.56 bits per heavy atom. The van der Waals surface area contributed by atoms with Gasteiger partial charge in [0.25, 0.3) is 5.88 Å². The third kappa shape index (κ3) is 1.58. The highest BCUT2D eigenvalue weighted by atomic mass is 16.5. The van der Waals surface area contributed by atoms with Crippen molar-refractivity contribution < 1.29 is 14.3 Å². The van der Waals surface area contributed by atoms with Crippen molar-refractivity contribution in [2.24, 2.45) is 0 Å². The Morgan fingerprint density at radius 2 is 2.00 bits per heavy atom. The molecule has 2 aromatic rings. The fourth-order valence-electron chi connectivity index (χ4n) is 1.35. The summed E-state index contributed by atoms with van der Waals surface area (Å²) in [5.41, 5.74) is 0.863. The smallest absolute Gasteiger partial charge is 0.261 e. The number of hydrogen-bond acceptors (Lipinski definition) is 5. The number of carbonyl (C=O) groups is 1. The molecule has 0 aliphatic carbocycles. The van der Waals surface area contributed by atoms with E-state index in [0.717, 1.165) is 0 Å². The zero-order valence-corrected chi connectivity index (χ0v) is 9.22. The second-order valence-corrected chi connectivity index (χ2v) is 3.21. The highest BCUT2D eigenvalue weighted by Crippen LogP contribution is 2.20. The Hall–Kier alpha value is -2.11. The van der Waals surface area contributed by atoms with E-state index in [9.17, 15) is 4.79 Å². The predicted molar refractivity (Wildman–Crippen MR) is 56.1 cm³/mol. The molecule has 84 valence electrons. The maximum atomic E-state index is 11.2. The van der Waals surface area contributed by atoms with Gasteiger partial charge in [-0.25, -0.2) is 4.98 Å². The topological polar surface area (TPSA) is 65.7 Å². The van der Waals surface area contributed by atoms with Gasteiger partial charge in [-0.1, -0.05) is 0 Å². The lowest BCUT2D eigenvalue weighted by Gasteiger charge is -2.03. The van der Waals surface area contributed by atoms with Gasteiger partial charge in [-0.3, -0.25) is 9.20 Å². The predicted octanol–water partition coefficient (Wildman–Crippen LogP) is 0.949. The summed E-state index contributed by atoms with van der Waals surface area (Å²) < 4.78 is 11.7. The van der Waals surface area contributed by atoms with Crippen LogP contribution in [0.15, 0.2) is 12.4 Å². The minimum atomic E-state index is -0.107. The van der Waals surface area contributed by atoms with Gasteiger partial charge in [0, 0.05) is 13.1 Å². The van der Waals surface area contributed by atoms with Crippen molar-refractivity contribution in [2.75, 3.05) is 14.2 Å². The van der Waals surface area contributed by atoms with E-state index in [1.54, 1.807) is 16.8 Å². The van der Waals surface area contributed by atoms with Crippen LogP contribution in [0.2, 0.25) is 0 Å². The van der Waals surface area contributed by atoms with E-state index in [2.05, 4.69) is 9.97 Å². The molecular weight excluding hydrogens is 210 g/mol. The van der Waals surface area contributed by atoms with E-state index in [4.69, 9.17) is 9.47 Å². The molecule has 0 amide bonds. The molecule has 2 rings (SSSR count). The fraction of sp³-hybridized carbons (Fsp3) is 0.300. The van der Waals surface area contributed by atoms with Crippen LogP contribution in [0.3, 0.4) is 0 Å². The lowest BCUT2D eigenvalue weighted by Crippen LogP contribution is -1.97. The maximum Gasteiger partial charge on any atom is 0.261 e. The Bertz CT molecular complexity index is 547. The number of rotatable bonds is 3. The molecule has 2 heterocycles. The minimum Gasteiger partial charge on any atom is -0.480 e. The molecule has 0 saturated carbocycles. The number of aromatic nitrogens is 3. The van der Waals surface area contributed by atoms with Gasteiger partial charge in [-0.05, 0) is 0 Å². The summed E-state index contributed by atoms with van der Waals surface area (Å²) >= 11 is 0. The van der Waals surface area contributed by atoms with Crippen LogP contribution in [0.5, 0.6) is 11.8 Å². The zero-order valence-electron chi connectivity index (χ0n) is 9.22. The molecular formula is C10H11N3O3. The van der Waals surface area contributed by atoms with Crippen LogP contribution in [-0.2, 0) is 0 Å². The van der Waals surface area contributed by atoms with Crippen molar-refractivity contribution in [1.29, 1.82) is 0 Å². The second-order valence-electron chi connectivity index (χ2n) is 3.21. The first kappa shape index (κ1) is 10.4. The Kier molecular flexibility index (Phi) is 2.47. The monoisotopic (exact) mass is 221 g/mol. The van der Waals surface area contributed by atoms with E-state index in [0.29, 0.717) is 23.1 Å². The maximum absolute atomic E-state index is 11.2. The number of ketones is 1. The van der Waals surface area contributed by atoms with Crippen molar-refractivity contribution in [3.8, 4) is 11.8 Å². The Morgan fingerprint density at radius 1 is 1.25 bits per heavy atom. The van der Waals surface area contributed by atoms with Crippen LogP contribution >= 0.6 is 0 Å². The average Bonchev–Trinajstić information content (AvgIpc) is 2.71. The van der Waals surface area contributed by atoms with Crippen LogP contribution in [-0.4, -0.2) is 34.4 Å². The van der Waals surface area contributed by atoms with Gasteiger partial charge in [0.2, 0.25) is 11.5 Å². The molecule has 6 heteroatoms. The second kappa shape index (κ2) is 3.80.